The van der Waals surface area contributed by atoms with Gasteiger partial charge in [-0.05, 0) is 43.2 Å². The van der Waals surface area contributed by atoms with Gasteiger partial charge in [0.25, 0.3) is 5.69 Å². The molecule has 0 bridgehead atoms. The van der Waals surface area contributed by atoms with Crippen LogP contribution in [0.25, 0.3) is 0 Å². The normalized spacial score (nSPS) is 12.2. The number of nitro benzene ring substituents is 1. The summed E-state index contributed by atoms with van der Waals surface area (Å²) in [5.41, 5.74) is 1.35. The number of hydrogen-bond donors (Lipinski definition) is 0. The number of hydrogen-bond acceptors (Lipinski definition) is 5. The van der Waals surface area contributed by atoms with Gasteiger partial charge in [0.05, 0.1) is 28.8 Å². The number of nitrogens with zero attached hydrogens (tertiary/aromatic N) is 2. The van der Waals surface area contributed by atoms with Gasteiger partial charge in [-0.3, -0.25) is 15.1 Å². The molecule has 132 valence electrons. The van der Waals surface area contributed by atoms with Crippen LogP contribution < -0.4 is 9.47 Å². The highest BCUT2D eigenvalue weighted by molar-refractivity contribution is 6.32. The lowest BCUT2D eigenvalue weighted by atomic mass is 10.2. The second kappa shape index (κ2) is 8.48. The van der Waals surface area contributed by atoms with Gasteiger partial charge in [0.1, 0.15) is 0 Å². The number of halogens is 1. The van der Waals surface area contributed by atoms with E-state index in [1.54, 1.807) is 37.6 Å². The molecule has 0 saturated carbocycles. The minimum absolute atomic E-state index is 0.0195. The standard InChI is InChI=1S/C18H19ClN2O4/c1-4-12(2)25-18-16(19)9-13(10-17(18)24-3)11-20-14-5-7-15(8-6-14)21(22)23/h5-12H,4H2,1-3H3/t12-/m0/s1. The topological polar surface area (TPSA) is 74.0 Å². The summed E-state index contributed by atoms with van der Waals surface area (Å²) in [6.07, 6.45) is 2.48. The van der Waals surface area contributed by atoms with Gasteiger partial charge >= 0.3 is 0 Å². The van der Waals surface area contributed by atoms with Crippen molar-refractivity contribution in [2.75, 3.05) is 7.11 Å². The molecule has 0 aliphatic rings. The first-order valence-electron chi connectivity index (χ1n) is 7.77. The average molecular weight is 363 g/mol. The number of nitro groups is 1. The highest BCUT2D eigenvalue weighted by Gasteiger charge is 2.14. The Hall–Kier alpha value is -2.60. The maximum Gasteiger partial charge on any atom is 0.269 e. The van der Waals surface area contributed by atoms with Gasteiger partial charge in [0.15, 0.2) is 11.5 Å². The fourth-order valence-corrected chi connectivity index (χ4v) is 2.29. The Balaban J connectivity index is 2.24. The Morgan fingerprint density at radius 2 is 2.00 bits per heavy atom. The third kappa shape index (κ3) is 4.93. The average Bonchev–Trinajstić information content (AvgIpc) is 2.61. The van der Waals surface area contributed by atoms with E-state index in [4.69, 9.17) is 21.1 Å². The quantitative estimate of drug-likeness (QED) is 0.386. The Bertz CT molecular complexity index is 775. The molecule has 0 saturated heterocycles. The van der Waals surface area contributed by atoms with Crippen LogP contribution in [-0.4, -0.2) is 24.4 Å². The van der Waals surface area contributed by atoms with Gasteiger partial charge < -0.3 is 9.47 Å². The van der Waals surface area contributed by atoms with Gasteiger partial charge in [0.2, 0.25) is 0 Å². The van der Waals surface area contributed by atoms with Crippen LogP contribution in [0.2, 0.25) is 5.02 Å². The van der Waals surface area contributed by atoms with Gasteiger partial charge in [-0.2, -0.15) is 0 Å². The Kier molecular flexibility index (Phi) is 6.36. The number of aliphatic imine (C=N–C) groups is 1. The zero-order chi connectivity index (χ0) is 18.4. The SMILES string of the molecule is CC[C@H](C)Oc1c(Cl)cc(C=Nc2ccc([N+](=O)[O-])cc2)cc1OC. The summed E-state index contributed by atoms with van der Waals surface area (Å²) in [5, 5.41) is 11.1. The lowest BCUT2D eigenvalue weighted by Crippen LogP contribution is -2.11. The first-order valence-corrected chi connectivity index (χ1v) is 8.15. The molecule has 2 aromatic rings. The smallest absolute Gasteiger partial charge is 0.269 e. The molecule has 2 aromatic carbocycles. The maximum atomic E-state index is 10.7. The van der Waals surface area contributed by atoms with Crippen LogP contribution in [0.5, 0.6) is 11.5 Å². The van der Waals surface area contributed by atoms with E-state index in [1.165, 1.54) is 12.1 Å². The highest BCUT2D eigenvalue weighted by Crippen LogP contribution is 2.37. The molecule has 7 heteroatoms. The molecule has 2 rings (SSSR count). The molecule has 0 unspecified atom stereocenters. The molecule has 25 heavy (non-hydrogen) atoms. The molecular weight excluding hydrogens is 344 g/mol. The molecule has 0 amide bonds. The second-order valence-electron chi connectivity index (χ2n) is 5.40. The fraction of sp³-hybridized carbons (Fsp3) is 0.278. The Morgan fingerprint density at radius 1 is 1.32 bits per heavy atom. The van der Waals surface area contributed by atoms with Crippen molar-refractivity contribution in [2.24, 2.45) is 4.99 Å². The molecule has 1 atom stereocenters. The first kappa shape index (κ1) is 18.7. The molecule has 0 fully saturated rings. The van der Waals surface area contributed by atoms with Crippen molar-refractivity contribution >= 4 is 29.2 Å². The molecule has 0 aromatic heterocycles. The third-order valence-corrected chi connectivity index (χ3v) is 3.85. The van der Waals surface area contributed by atoms with E-state index < -0.39 is 4.92 Å². The highest BCUT2D eigenvalue weighted by atomic mass is 35.5. The van der Waals surface area contributed by atoms with E-state index in [-0.39, 0.29) is 11.8 Å². The number of ether oxygens (including phenoxy) is 2. The fourth-order valence-electron chi connectivity index (χ4n) is 2.02. The number of methoxy groups -OCH3 is 1. The maximum absolute atomic E-state index is 10.7. The molecule has 0 N–H and O–H groups in total. The summed E-state index contributed by atoms with van der Waals surface area (Å²) in [6.45, 7) is 3.98. The molecule has 0 radical (unpaired) electrons. The van der Waals surface area contributed by atoms with Crippen LogP contribution in [-0.2, 0) is 0 Å². The minimum Gasteiger partial charge on any atom is -0.493 e. The number of rotatable bonds is 7. The largest absolute Gasteiger partial charge is 0.493 e. The van der Waals surface area contributed by atoms with Crippen LogP contribution in [0, 0.1) is 10.1 Å². The van der Waals surface area contributed by atoms with Crippen molar-refractivity contribution in [1.82, 2.24) is 0 Å². The van der Waals surface area contributed by atoms with E-state index in [9.17, 15) is 10.1 Å². The van der Waals surface area contributed by atoms with Crippen LogP contribution in [0.3, 0.4) is 0 Å². The molecule has 0 heterocycles. The monoisotopic (exact) mass is 362 g/mol. The van der Waals surface area contributed by atoms with Crippen LogP contribution in [0.4, 0.5) is 11.4 Å². The zero-order valence-electron chi connectivity index (χ0n) is 14.2. The zero-order valence-corrected chi connectivity index (χ0v) is 15.0. The molecule has 0 spiro atoms. The van der Waals surface area contributed by atoms with Crippen molar-refractivity contribution in [3.63, 3.8) is 0 Å². The van der Waals surface area contributed by atoms with Crippen molar-refractivity contribution in [3.05, 3.63) is 57.1 Å². The summed E-state index contributed by atoms with van der Waals surface area (Å²) >= 11 is 6.31. The summed E-state index contributed by atoms with van der Waals surface area (Å²) in [7, 11) is 1.55. The van der Waals surface area contributed by atoms with Crippen molar-refractivity contribution < 1.29 is 14.4 Å². The van der Waals surface area contributed by atoms with Crippen molar-refractivity contribution in [2.45, 2.75) is 26.4 Å². The van der Waals surface area contributed by atoms with Crippen molar-refractivity contribution in [3.8, 4) is 11.5 Å². The van der Waals surface area contributed by atoms with Crippen LogP contribution in [0.1, 0.15) is 25.8 Å². The van der Waals surface area contributed by atoms with Gasteiger partial charge in [0, 0.05) is 18.3 Å². The molecule has 6 nitrogen and oxygen atoms in total. The van der Waals surface area contributed by atoms with E-state index in [0.29, 0.717) is 22.2 Å². The third-order valence-electron chi connectivity index (χ3n) is 3.57. The summed E-state index contributed by atoms with van der Waals surface area (Å²) in [4.78, 5) is 14.5. The second-order valence-corrected chi connectivity index (χ2v) is 5.81. The Morgan fingerprint density at radius 3 is 2.56 bits per heavy atom. The lowest BCUT2D eigenvalue weighted by Gasteiger charge is -2.17. The van der Waals surface area contributed by atoms with Crippen LogP contribution in [0.15, 0.2) is 41.4 Å². The minimum atomic E-state index is -0.450. The van der Waals surface area contributed by atoms with Crippen molar-refractivity contribution in [1.29, 1.82) is 0 Å². The summed E-state index contributed by atoms with van der Waals surface area (Å²) in [5.74, 6) is 1.03. The Labute approximate surface area is 151 Å². The summed E-state index contributed by atoms with van der Waals surface area (Å²) < 4.78 is 11.2. The van der Waals surface area contributed by atoms with Gasteiger partial charge in [-0.1, -0.05) is 18.5 Å². The predicted molar refractivity (Wildman–Crippen MR) is 98.7 cm³/mol. The molecule has 0 aliphatic heterocycles. The van der Waals surface area contributed by atoms with E-state index in [1.807, 2.05) is 13.8 Å². The predicted octanol–water partition coefficient (Wildman–Crippen LogP) is 5.18. The van der Waals surface area contributed by atoms with Gasteiger partial charge in [-0.25, -0.2) is 0 Å². The van der Waals surface area contributed by atoms with E-state index in [2.05, 4.69) is 4.99 Å². The van der Waals surface area contributed by atoms with E-state index in [0.717, 1.165) is 12.0 Å². The van der Waals surface area contributed by atoms with Crippen LogP contribution >= 0.6 is 11.6 Å². The van der Waals surface area contributed by atoms with E-state index >= 15 is 0 Å². The number of benzene rings is 2. The summed E-state index contributed by atoms with van der Waals surface area (Å²) in [6, 6.07) is 9.48. The first-order chi connectivity index (χ1) is 11.9. The number of non-ortho nitro benzene ring substituents is 1. The van der Waals surface area contributed by atoms with Gasteiger partial charge in [-0.15, -0.1) is 0 Å². The molecule has 0 aliphatic carbocycles. The lowest BCUT2D eigenvalue weighted by molar-refractivity contribution is -0.384. The molecular formula is C18H19ClN2O4.